The van der Waals surface area contributed by atoms with Crippen molar-refractivity contribution in [2.24, 2.45) is 0 Å². The highest BCUT2D eigenvalue weighted by Crippen LogP contribution is 2.22. The van der Waals surface area contributed by atoms with Gasteiger partial charge in [0.15, 0.2) is 0 Å². The molecule has 1 aromatic heterocycles. The molecule has 0 amide bonds. The Bertz CT molecular complexity index is 365. The molecule has 1 atom stereocenters. The predicted octanol–water partition coefficient (Wildman–Crippen LogP) is 3.25. The van der Waals surface area contributed by atoms with Crippen LogP contribution >= 0.6 is 27.7 Å². The summed E-state index contributed by atoms with van der Waals surface area (Å²) in [6.07, 6.45) is 4.38. The van der Waals surface area contributed by atoms with Crippen LogP contribution in [0.5, 0.6) is 0 Å². The van der Waals surface area contributed by atoms with Crippen LogP contribution in [0.25, 0.3) is 0 Å². The van der Waals surface area contributed by atoms with E-state index >= 15 is 0 Å². The van der Waals surface area contributed by atoms with Crippen LogP contribution in [0.15, 0.2) is 4.47 Å². The van der Waals surface area contributed by atoms with Gasteiger partial charge in [0.2, 0.25) is 0 Å². The van der Waals surface area contributed by atoms with Gasteiger partial charge < -0.3 is 5.32 Å². The highest BCUT2D eigenvalue weighted by atomic mass is 79.9. The maximum absolute atomic E-state index is 4.56. The summed E-state index contributed by atoms with van der Waals surface area (Å²) < 4.78 is 3.29. The zero-order valence-corrected chi connectivity index (χ0v) is 14.2. The summed E-state index contributed by atoms with van der Waals surface area (Å²) in [5.74, 6) is 1.14. The number of aromatic nitrogens is 2. The van der Waals surface area contributed by atoms with E-state index in [1.165, 1.54) is 16.6 Å². The van der Waals surface area contributed by atoms with Crippen molar-refractivity contribution in [1.29, 1.82) is 0 Å². The number of aryl methyl sites for hydroxylation is 2. The fourth-order valence-corrected chi connectivity index (χ4v) is 3.12. The van der Waals surface area contributed by atoms with Gasteiger partial charge in [-0.3, -0.25) is 4.68 Å². The van der Waals surface area contributed by atoms with Crippen molar-refractivity contribution >= 4 is 27.7 Å². The number of hydrogen-bond acceptors (Lipinski definition) is 3. The van der Waals surface area contributed by atoms with Crippen molar-refractivity contribution in [3.8, 4) is 0 Å². The molecular weight excluding hydrogens is 310 g/mol. The quantitative estimate of drug-likeness (QED) is 0.791. The van der Waals surface area contributed by atoms with E-state index in [4.69, 9.17) is 0 Å². The van der Waals surface area contributed by atoms with Crippen LogP contribution in [-0.4, -0.2) is 34.4 Å². The molecule has 1 heterocycles. The van der Waals surface area contributed by atoms with E-state index in [2.05, 4.69) is 58.1 Å². The van der Waals surface area contributed by atoms with Gasteiger partial charge in [-0.05, 0) is 49.0 Å². The second-order valence-corrected chi connectivity index (χ2v) is 6.18. The summed E-state index contributed by atoms with van der Waals surface area (Å²) in [4.78, 5) is 0. The first kappa shape index (κ1) is 16.1. The highest BCUT2D eigenvalue weighted by Gasteiger charge is 2.16. The SMILES string of the molecule is CCCNC(CSC)Cc1c(Br)c(C)nn1CC. The topological polar surface area (TPSA) is 29.9 Å². The Morgan fingerprint density at radius 3 is 2.72 bits per heavy atom. The summed E-state index contributed by atoms with van der Waals surface area (Å²) in [7, 11) is 0. The van der Waals surface area contributed by atoms with Gasteiger partial charge in [-0.25, -0.2) is 0 Å². The van der Waals surface area contributed by atoms with Crippen LogP contribution < -0.4 is 5.32 Å². The second-order valence-electron chi connectivity index (χ2n) is 4.47. The van der Waals surface area contributed by atoms with E-state index in [0.717, 1.165) is 31.0 Å². The van der Waals surface area contributed by atoms with E-state index in [9.17, 15) is 0 Å². The Kier molecular flexibility index (Phi) is 7.34. The van der Waals surface area contributed by atoms with Crippen LogP contribution in [0, 0.1) is 6.92 Å². The van der Waals surface area contributed by atoms with Crippen molar-refractivity contribution in [3.05, 3.63) is 15.9 Å². The fourth-order valence-electron chi connectivity index (χ4n) is 2.04. The van der Waals surface area contributed by atoms with Crippen LogP contribution in [0.1, 0.15) is 31.7 Å². The lowest BCUT2D eigenvalue weighted by molar-refractivity contribution is 0.519. The van der Waals surface area contributed by atoms with Gasteiger partial charge in [-0.2, -0.15) is 16.9 Å². The van der Waals surface area contributed by atoms with E-state index in [1.54, 1.807) is 0 Å². The zero-order valence-electron chi connectivity index (χ0n) is 11.8. The average Bonchev–Trinajstić information content (AvgIpc) is 2.63. The van der Waals surface area contributed by atoms with E-state index in [0.29, 0.717) is 6.04 Å². The Morgan fingerprint density at radius 1 is 1.44 bits per heavy atom. The molecule has 0 aliphatic heterocycles. The third-order valence-corrected chi connectivity index (χ3v) is 4.71. The number of halogens is 1. The van der Waals surface area contributed by atoms with Crippen molar-refractivity contribution in [3.63, 3.8) is 0 Å². The monoisotopic (exact) mass is 333 g/mol. The number of rotatable bonds is 8. The predicted molar refractivity (Wildman–Crippen MR) is 84.5 cm³/mol. The molecule has 104 valence electrons. The van der Waals surface area contributed by atoms with Crippen molar-refractivity contribution in [1.82, 2.24) is 15.1 Å². The molecule has 0 aromatic carbocycles. The second kappa shape index (κ2) is 8.23. The Labute approximate surface area is 123 Å². The lowest BCUT2D eigenvalue weighted by Gasteiger charge is -2.18. The first-order valence-electron chi connectivity index (χ1n) is 6.58. The van der Waals surface area contributed by atoms with Crippen LogP contribution in [0.3, 0.4) is 0 Å². The molecule has 0 radical (unpaired) electrons. The van der Waals surface area contributed by atoms with Crippen LogP contribution in [-0.2, 0) is 13.0 Å². The first-order valence-corrected chi connectivity index (χ1v) is 8.76. The molecule has 0 aliphatic carbocycles. The summed E-state index contributed by atoms with van der Waals surface area (Å²) >= 11 is 5.57. The van der Waals surface area contributed by atoms with Crippen LogP contribution in [0.2, 0.25) is 0 Å². The number of nitrogens with one attached hydrogen (secondary N) is 1. The minimum atomic E-state index is 0.526. The largest absolute Gasteiger partial charge is 0.313 e. The molecule has 1 rings (SSSR count). The van der Waals surface area contributed by atoms with Crippen molar-refractivity contribution < 1.29 is 0 Å². The number of hydrogen-bond donors (Lipinski definition) is 1. The van der Waals surface area contributed by atoms with Gasteiger partial charge in [0, 0.05) is 24.8 Å². The van der Waals surface area contributed by atoms with Gasteiger partial charge in [0.25, 0.3) is 0 Å². The summed E-state index contributed by atoms with van der Waals surface area (Å²) in [6.45, 7) is 8.43. The standard InChI is InChI=1S/C13H24BrN3S/c1-5-7-15-11(9-18-4)8-12-13(14)10(3)16-17(12)6-2/h11,15H,5-9H2,1-4H3. The van der Waals surface area contributed by atoms with Crippen molar-refractivity contribution in [2.75, 3.05) is 18.6 Å². The molecule has 0 spiro atoms. The minimum Gasteiger partial charge on any atom is -0.313 e. The normalized spacial score (nSPS) is 12.9. The molecule has 5 heteroatoms. The van der Waals surface area contributed by atoms with Gasteiger partial charge in [0.1, 0.15) is 0 Å². The molecule has 18 heavy (non-hydrogen) atoms. The summed E-state index contributed by atoms with van der Waals surface area (Å²) in [5, 5.41) is 8.18. The van der Waals surface area contributed by atoms with Gasteiger partial charge in [-0.1, -0.05) is 6.92 Å². The minimum absolute atomic E-state index is 0.526. The Balaban J connectivity index is 2.78. The number of nitrogens with zero attached hydrogens (tertiary/aromatic N) is 2. The molecule has 0 aliphatic rings. The zero-order chi connectivity index (χ0) is 13.5. The summed E-state index contributed by atoms with van der Waals surface area (Å²) in [5.41, 5.74) is 2.41. The fraction of sp³-hybridized carbons (Fsp3) is 0.769. The third-order valence-electron chi connectivity index (χ3n) is 2.94. The lowest BCUT2D eigenvalue weighted by Crippen LogP contribution is -2.34. The van der Waals surface area contributed by atoms with Gasteiger partial charge in [0.05, 0.1) is 15.9 Å². The van der Waals surface area contributed by atoms with Crippen LogP contribution in [0.4, 0.5) is 0 Å². The van der Waals surface area contributed by atoms with E-state index in [1.807, 2.05) is 11.8 Å². The lowest BCUT2D eigenvalue weighted by atomic mass is 10.1. The summed E-state index contributed by atoms with van der Waals surface area (Å²) in [6, 6.07) is 0.526. The number of thioether (sulfide) groups is 1. The van der Waals surface area contributed by atoms with E-state index in [-0.39, 0.29) is 0 Å². The van der Waals surface area contributed by atoms with Crippen molar-refractivity contribution in [2.45, 2.75) is 46.2 Å². The first-order chi connectivity index (χ1) is 8.63. The van der Waals surface area contributed by atoms with Gasteiger partial charge >= 0.3 is 0 Å². The molecular formula is C13H24BrN3S. The molecule has 1 N–H and O–H groups in total. The molecule has 0 bridgehead atoms. The molecule has 0 saturated carbocycles. The molecule has 3 nitrogen and oxygen atoms in total. The smallest absolute Gasteiger partial charge is 0.0738 e. The molecule has 0 saturated heterocycles. The molecule has 0 fully saturated rings. The maximum atomic E-state index is 4.56. The maximum Gasteiger partial charge on any atom is 0.0738 e. The molecule has 1 aromatic rings. The third kappa shape index (κ3) is 4.28. The Morgan fingerprint density at radius 2 is 2.17 bits per heavy atom. The average molecular weight is 334 g/mol. The van der Waals surface area contributed by atoms with Gasteiger partial charge in [-0.15, -0.1) is 0 Å². The highest BCUT2D eigenvalue weighted by molar-refractivity contribution is 9.10. The Hall–Kier alpha value is 0. The van der Waals surface area contributed by atoms with E-state index < -0.39 is 0 Å². The molecule has 1 unspecified atom stereocenters.